The molecule has 1 N–H and O–H groups in total. The molecule has 0 aliphatic carbocycles. The highest BCUT2D eigenvalue weighted by Gasteiger charge is 2.07. The van der Waals surface area contributed by atoms with Gasteiger partial charge in [-0.05, 0) is 24.3 Å². The SMILES string of the molecule is CNc1ccnc(-c2ccccc2OCCOC)c1. The topological polar surface area (TPSA) is 43.4 Å². The average Bonchev–Trinajstić information content (AvgIpc) is 2.48. The van der Waals surface area contributed by atoms with E-state index in [1.807, 2.05) is 43.4 Å². The molecular formula is C15H18N2O2. The number of rotatable bonds is 6. The summed E-state index contributed by atoms with van der Waals surface area (Å²) in [6.07, 6.45) is 1.78. The van der Waals surface area contributed by atoms with Crippen LogP contribution in [0.2, 0.25) is 0 Å². The van der Waals surface area contributed by atoms with Crippen LogP contribution in [0.15, 0.2) is 42.6 Å². The summed E-state index contributed by atoms with van der Waals surface area (Å²) >= 11 is 0. The summed E-state index contributed by atoms with van der Waals surface area (Å²) in [5.74, 6) is 0.820. The molecule has 1 heterocycles. The van der Waals surface area contributed by atoms with Crippen LogP contribution in [0.25, 0.3) is 11.3 Å². The highest BCUT2D eigenvalue weighted by Crippen LogP contribution is 2.29. The van der Waals surface area contributed by atoms with Gasteiger partial charge >= 0.3 is 0 Å². The Balaban J connectivity index is 2.27. The van der Waals surface area contributed by atoms with Gasteiger partial charge in [-0.3, -0.25) is 4.98 Å². The van der Waals surface area contributed by atoms with Crippen molar-refractivity contribution in [1.82, 2.24) is 4.98 Å². The second-order valence-corrected chi connectivity index (χ2v) is 4.02. The van der Waals surface area contributed by atoms with Gasteiger partial charge in [0.1, 0.15) is 12.4 Å². The Morgan fingerprint density at radius 2 is 2.00 bits per heavy atom. The molecule has 0 saturated heterocycles. The van der Waals surface area contributed by atoms with Crippen molar-refractivity contribution < 1.29 is 9.47 Å². The van der Waals surface area contributed by atoms with E-state index in [0.29, 0.717) is 13.2 Å². The Kier molecular flexibility index (Phi) is 4.75. The summed E-state index contributed by atoms with van der Waals surface area (Å²) in [5.41, 5.74) is 2.90. The smallest absolute Gasteiger partial charge is 0.128 e. The van der Waals surface area contributed by atoms with Crippen molar-refractivity contribution in [2.75, 3.05) is 32.7 Å². The van der Waals surface area contributed by atoms with Gasteiger partial charge in [-0.15, -0.1) is 0 Å². The number of nitrogens with zero attached hydrogens (tertiary/aromatic N) is 1. The molecule has 4 heteroatoms. The van der Waals surface area contributed by atoms with Gasteiger partial charge in [-0.2, -0.15) is 0 Å². The lowest BCUT2D eigenvalue weighted by Crippen LogP contribution is -2.05. The van der Waals surface area contributed by atoms with Crippen molar-refractivity contribution >= 4 is 5.69 Å². The molecule has 0 aliphatic rings. The maximum absolute atomic E-state index is 5.72. The van der Waals surface area contributed by atoms with E-state index >= 15 is 0 Å². The maximum Gasteiger partial charge on any atom is 0.128 e. The van der Waals surface area contributed by atoms with Crippen molar-refractivity contribution in [2.45, 2.75) is 0 Å². The van der Waals surface area contributed by atoms with E-state index in [9.17, 15) is 0 Å². The van der Waals surface area contributed by atoms with Gasteiger partial charge in [-0.25, -0.2) is 0 Å². The van der Waals surface area contributed by atoms with Crippen LogP contribution in [0.5, 0.6) is 5.75 Å². The predicted molar refractivity (Wildman–Crippen MR) is 76.6 cm³/mol. The monoisotopic (exact) mass is 258 g/mol. The lowest BCUT2D eigenvalue weighted by Gasteiger charge is -2.11. The number of ether oxygens (including phenoxy) is 2. The van der Waals surface area contributed by atoms with Crippen molar-refractivity contribution in [2.24, 2.45) is 0 Å². The Hall–Kier alpha value is -2.07. The zero-order valence-corrected chi connectivity index (χ0v) is 11.2. The van der Waals surface area contributed by atoms with Crippen molar-refractivity contribution in [3.05, 3.63) is 42.6 Å². The van der Waals surface area contributed by atoms with E-state index in [1.165, 1.54) is 0 Å². The average molecular weight is 258 g/mol. The van der Waals surface area contributed by atoms with Crippen LogP contribution < -0.4 is 10.1 Å². The summed E-state index contributed by atoms with van der Waals surface area (Å²) in [5, 5.41) is 3.11. The van der Waals surface area contributed by atoms with Crippen molar-refractivity contribution in [1.29, 1.82) is 0 Å². The van der Waals surface area contributed by atoms with Crippen LogP contribution in [-0.2, 0) is 4.74 Å². The quantitative estimate of drug-likeness (QED) is 0.809. The number of benzene rings is 1. The summed E-state index contributed by atoms with van der Waals surface area (Å²) in [6, 6.07) is 11.8. The maximum atomic E-state index is 5.72. The summed E-state index contributed by atoms with van der Waals surface area (Å²) < 4.78 is 10.7. The molecule has 0 amide bonds. The minimum absolute atomic E-state index is 0.527. The molecule has 0 unspecified atom stereocenters. The minimum Gasteiger partial charge on any atom is -0.490 e. The third-order valence-electron chi connectivity index (χ3n) is 2.76. The number of anilines is 1. The lowest BCUT2D eigenvalue weighted by atomic mass is 10.1. The fraction of sp³-hybridized carbons (Fsp3) is 0.267. The molecule has 1 aromatic carbocycles. The highest BCUT2D eigenvalue weighted by atomic mass is 16.5. The first kappa shape index (κ1) is 13.4. The van der Waals surface area contributed by atoms with Crippen LogP contribution in [0.3, 0.4) is 0 Å². The molecule has 0 fully saturated rings. The molecular weight excluding hydrogens is 240 g/mol. The van der Waals surface area contributed by atoms with Gasteiger partial charge in [0.15, 0.2) is 0 Å². The van der Waals surface area contributed by atoms with E-state index in [0.717, 1.165) is 22.7 Å². The summed E-state index contributed by atoms with van der Waals surface area (Å²) in [6.45, 7) is 1.09. The fourth-order valence-electron chi connectivity index (χ4n) is 1.77. The number of nitrogens with one attached hydrogen (secondary N) is 1. The lowest BCUT2D eigenvalue weighted by molar-refractivity contribution is 0.146. The zero-order chi connectivity index (χ0) is 13.5. The minimum atomic E-state index is 0.527. The first-order valence-electron chi connectivity index (χ1n) is 6.20. The molecule has 100 valence electrons. The Labute approximate surface area is 113 Å². The molecule has 2 aromatic rings. The van der Waals surface area contributed by atoms with Crippen LogP contribution in [0.1, 0.15) is 0 Å². The van der Waals surface area contributed by atoms with Gasteiger partial charge in [-0.1, -0.05) is 12.1 Å². The van der Waals surface area contributed by atoms with Gasteiger partial charge in [0, 0.05) is 31.6 Å². The van der Waals surface area contributed by atoms with Crippen LogP contribution in [-0.4, -0.2) is 32.4 Å². The fourth-order valence-corrected chi connectivity index (χ4v) is 1.77. The molecule has 2 rings (SSSR count). The summed E-state index contributed by atoms with van der Waals surface area (Å²) in [4.78, 5) is 4.40. The van der Waals surface area contributed by atoms with E-state index < -0.39 is 0 Å². The largest absolute Gasteiger partial charge is 0.490 e. The molecule has 19 heavy (non-hydrogen) atoms. The van der Waals surface area contributed by atoms with Crippen LogP contribution in [0, 0.1) is 0 Å². The normalized spacial score (nSPS) is 10.2. The molecule has 0 bridgehead atoms. The first-order chi connectivity index (χ1) is 9.35. The third kappa shape index (κ3) is 3.45. The van der Waals surface area contributed by atoms with Gasteiger partial charge in [0.05, 0.1) is 12.3 Å². The molecule has 0 atom stereocenters. The molecule has 0 radical (unpaired) electrons. The molecule has 1 aromatic heterocycles. The third-order valence-corrected chi connectivity index (χ3v) is 2.76. The van der Waals surface area contributed by atoms with Gasteiger partial charge < -0.3 is 14.8 Å². The second kappa shape index (κ2) is 6.75. The van der Waals surface area contributed by atoms with Gasteiger partial charge in [0.2, 0.25) is 0 Å². The molecule has 0 aliphatic heterocycles. The number of pyridine rings is 1. The Morgan fingerprint density at radius 1 is 1.16 bits per heavy atom. The molecule has 0 saturated carbocycles. The predicted octanol–water partition coefficient (Wildman–Crippen LogP) is 2.82. The Morgan fingerprint density at radius 3 is 2.79 bits per heavy atom. The number of aromatic nitrogens is 1. The van der Waals surface area contributed by atoms with E-state index in [2.05, 4.69) is 10.3 Å². The number of hydrogen-bond acceptors (Lipinski definition) is 4. The zero-order valence-electron chi connectivity index (χ0n) is 11.2. The standard InChI is InChI=1S/C15H18N2O2/c1-16-12-7-8-17-14(11-12)13-5-3-4-6-15(13)19-10-9-18-2/h3-8,11H,9-10H2,1-2H3,(H,16,17). The number of methoxy groups -OCH3 is 1. The first-order valence-corrected chi connectivity index (χ1v) is 6.20. The van der Waals surface area contributed by atoms with E-state index in [4.69, 9.17) is 9.47 Å². The molecule has 0 spiro atoms. The highest BCUT2D eigenvalue weighted by molar-refractivity contribution is 5.69. The van der Waals surface area contributed by atoms with E-state index in [1.54, 1.807) is 13.3 Å². The van der Waals surface area contributed by atoms with Crippen LogP contribution in [0.4, 0.5) is 5.69 Å². The summed E-state index contributed by atoms with van der Waals surface area (Å²) in [7, 11) is 3.55. The van der Waals surface area contributed by atoms with Crippen molar-refractivity contribution in [3.8, 4) is 17.0 Å². The number of para-hydroxylation sites is 1. The van der Waals surface area contributed by atoms with Crippen molar-refractivity contribution in [3.63, 3.8) is 0 Å². The number of hydrogen-bond donors (Lipinski definition) is 1. The van der Waals surface area contributed by atoms with Crippen LogP contribution >= 0.6 is 0 Å². The molecule has 4 nitrogen and oxygen atoms in total. The van der Waals surface area contributed by atoms with Gasteiger partial charge in [0.25, 0.3) is 0 Å². The van der Waals surface area contributed by atoms with E-state index in [-0.39, 0.29) is 0 Å². The second-order valence-electron chi connectivity index (χ2n) is 4.02. The Bertz CT molecular complexity index is 529.